The molecule has 2 amide bonds. The summed E-state index contributed by atoms with van der Waals surface area (Å²) in [4.78, 5) is 43.4. The van der Waals surface area contributed by atoms with Crippen molar-refractivity contribution in [1.82, 2.24) is 34.3 Å². The quantitative estimate of drug-likeness (QED) is 0.273. The SMILES string of the molecule is BC(B)(B)n1ncc2c1-c1cccc(c1)[C@@H](n1cnc(-c3cc(Cl)ccc3-n3cc(C(N)=O)nn3)cc1=O)CCC[C@@H](C)C(=O)N2. The van der Waals surface area contributed by atoms with Crippen LogP contribution in [0.15, 0.2) is 72.0 Å². The highest BCUT2D eigenvalue weighted by atomic mass is 35.5. The van der Waals surface area contributed by atoms with E-state index in [9.17, 15) is 14.4 Å². The second-order valence-electron chi connectivity index (χ2n) is 12.5. The summed E-state index contributed by atoms with van der Waals surface area (Å²) in [5.74, 6) is -1.02. The summed E-state index contributed by atoms with van der Waals surface area (Å²) in [6, 6.07) is 14.2. The Kier molecular flexibility index (Phi) is 8.20. The Morgan fingerprint density at radius 3 is 2.63 bits per heavy atom. The predicted molar refractivity (Wildman–Crippen MR) is 183 cm³/mol. The van der Waals surface area contributed by atoms with Crippen molar-refractivity contribution in [2.45, 2.75) is 37.5 Å². The molecule has 5 aromatic rings. The van der Waals surface area contributed by atoms with E-state index in [-0.39, 0.29) is 34.4 Å². The van der Waals surface area contributed by atoms with Crippen molar-refractivity contribution in [3.63, 3.8) is 0 Å². The van der Waals surface area contributed by atoms with Crippen molar-refractivity contribution in [3.05, 3.63) is 93.9 Å². The number of rotatable bonds is 5. The highest BCUT2D eigenvalue weighted by Gasteiger charge is 2.27. The van der Waals surface area contributed by atoms with Gasteiger partial charge in [-0.05, 0) is 47.9 Å². The lowest BCUT2D eigenvalue weighted by atomic mass is 9.49. The van der Waals surface area contributed by atoms with Crippen molar-refractivity contribution in [2.75, 3.05) is 5.32 Å². The van der Waals surface area contributed by atoms with Gasteiger partial charge in [-0.1, -0.05) is 48.4 Å². The van der Waals surface area contributed by atoms with Crippen LogP contribution in [0.1, 0.15) is 48.3 Å². The summed E-state index contributed by atoms with van der Waals surface area (Å²) in [5.41, 5.74) is 9.79. The summed E-state index contributed by atoms with van der Waals surface area (Å²) in [6.45, 7) is 1.91. The third kappa shape index (κ3) is 6.02. The second-order valence-corrected chi connectivity index (χ2v) is 13.0. The van der Waals surface area contributed by atoms with Crippen LogP contribution in [0, 0.1) is 5.92 Å². The number of amides is 2. The molecular weight excluding hydrogens is 602 g/mol. The minimum absolute atomic E-state index is 0.00141. The van der Waals surface area contributed by atoms with Gasteiger partial charge < -0.3 is 11.1 Å². The second kappa shape index (κ2) is 12.1. The Bertz CT molecular complexity index is 2040. The maximum absolute atomic E-state index is 13.9. The number of primary amides is 1. The zero-order valence-electron chi connectivity index (χ0n) is 25.9. The monoisotopic (exact) mass is 633 g/mol. The molecule has 16 heteroatoms. The average Bonchev–Trinajstić information content (AvgIpc) is 3.67. The molecule has 3 aromatic heterocycles. The topological polar surface area (TPSA) is 156 Å². The molecule has 0 spiro atoms. The van der Waals surface area contributed by atoms with E-state index in [2.05, 4.69) is 50.3 Å². The van der Waals surface area contributed by atoms with Gasteiger partial charge in [0.2, 0.25) is 5.91 Å². The van der Waals surface area contributed by atoms with Gasteiger partial charge in [-0.25, -0.2) is 9.67 Å². The fourth-order valence-corrected chi connectivity index (χ4v) is 5.96. The number of nitrogens with two attached hydrogens (primary N) is 1. The van der Waals surface area contributed by atoms with Gasteiger partial charge in [-0.15, -0.1) is 5.10 Å². The van der Waals surface area contributed by atoms with Crippen molar-refractivity contribution in [2.24, 2.45) is 11.7 Å². The standard InChI is InChI=1S/C30H31B3ClN9O3/c1-16-4-2-7-24(17-5-3-6-18(10-17)27-22(38-29(16)46)13-37-43(27)30(31,32)33)41-15-36-21(12-26(41)44)20-11-19(34)8-9-25(20)42-14-23(28(35)45)39-40-42/h3,5-6,8-16,24H,2,4,7,31-33H2,1H3,(H2,35,45)(H,38,46)/t16-,24+/m1/s1. The number of carbonyl (C=O) groups excluding carboxylic acids is 2. The zero-order chi connectivity index (χ0) is 32.7. The number of carbonyl (C=O) groups is 2. The Morgan fingerprint density at radius 1 is 1.11 bits per heavy atom. The van der Waals surface area contributed by atoms with E-state index in [1.165, 1.54) is 16.9 Å². The van der Waals surface area contributed by atoms with Gasteiger partial charge in [-0.2, -0.15) is 5.10 Å². The number of nitrogens with one attached hydrogen (secondary N) is 1. The lowest BCUT2D eigenvalue weighted by molar-refractivity contribution is -0.119. The van der Waals surface area contributed by atoms with Crippen LogP contribution in [0.4, 0.5) is 5.69 Å². The number of halogens is 1. The third-order valence-corrected chi connectivity index (χ3v) is 8.40. The molecule has 2 atom stereocenters. The molecule has 0 fully saturated rings. The highest BCUT2D eigenvalue weighted by Crippen LogP contribution is 2.35. The van der Waals surface area contributed by atoms with Gasteiger partial charge in [0.25, 0.3) is 11.5 Å². The predicted octanol–water partition coefficient (Wildman–Crippen LogP) is 0.922. The Labute approximate surface area is 272 Å². The smallest absolute Gasteiger partial charge is 0.270 e. The van der Waals surface area contributed by atoms with Gasteiger partial charge in [-0.3, -0.25) is 23.6 Å². The van der Waals surface area contributed by atoms with Crippen molar-refractivity contribution < 1.29 is 9.59 Å². The number of nitrogens with zero attached hydrogens (tertiary/aromatic N) is 7. The summed E-state index contributed by atoms with van der Waals surface area (Å²) >= 11 is 6.35. The number of aromatic nitrogens is 7. The molecule has 2 aromatic carbocycles. The lowest BCUT2D eigenvalue weighted by Crippen LogP contribution is -2.36. The maximum Gasteiger partial charge on any atom is 0.270 e. The largest absolute Gasteiger partial charge is 0.364 e. The summed E-state index contributed by atoms with van der Waals surface area (Å²) < 4.78 is 4.94. The average molecular weight is 634 g/mol. The molecule has 230 valence electrons. The first kappa shape index (κ1) is 31.1. The van der Waals surface area contributed by atoms with Gasteiger partial charge in [0, 0.05) is 28.1 Å². The summed E-state index contributed by atoms with van der Waals surface area (Å²) in [7, 11) is 6.18. The van der Waals surface area contributed by atoms with Gasteiger partial charge >= 0.3 is 0 Å². The molecule has 3 N–H and O–H groups in total. The molecule has 0 aliphatic carbocycles. The minimum Gasteiger partial charge on any atom is -0.364 e. The van der Waals surface area contributed by atoms with Gasteiger partial charge in [0.15, 0.2) is 5.69 Å². The van der Waals surface area contributed by atoms with E-state index in [4.69, 9.17) is 22.3 Å². The van der Waals surface area contributed by atoms with Crippen LogP contribution in [0.5, 0.6) is 0 Å². The Hall–Kier alpha value is -4.91. The van der Waals surface area contributed by atoms with Crippen LogP contribution in [0.25, 0.3) is 28.2 Å². The third-order valence-electron chi connectivity index (χ3n) is 8.17. The van der Waals surface area contributed by atoms with Gasteiger partial charge in [0.05, 0.1) is 47.5 Å². The lowest BCUT2D eigenvalue weighted by Gasteiger charge is -2.26. The van der Waals surface area contributed by atoms with E-state index in [1.54, 1.807) is 35.3 Å². The molecule has 1 aliphatic heterocycles. The van der Waals surface area contributed by atoms with Crippen molar-refractivity contribution in [3.8, 4) is 28.2 Å². The number of benzene rings is 2. The zero-order valence-corrected chi connectivity index (χ0v) is 26.7. The van der Waals surface area contributed by atoms with Crippen LogP contribution in [-0.2, 0) is 10.0 Å². The van der Waals surface area contributed by atoms with Crippen molar-refractivity contribution >= 4 is 52.6 Å². The fourth-order valence-electron chi connectivity index (χ4n) is 5.79. The van der Waals surface area contributed by atoms with Crippen LogP contribution in [0.3, 0.4) is 0 Å². The molecule has 1 aliphatic rings. The Morgan fingerprint density at radius 2 is 1.91 bits per heavy atom. The normalized spacial score (nSPS) is 17.0. The van der Waals surface area contributed by atoms with E-state index in [0.717, 1.165) is 16.8 Å². The number of fused-ring (bicyclic) bond motifs is 4. The fraction of sp³-hybridized carbons (Fsp3) is 0.233. The first-order valence-electron chi connectivity index (χ1n) is 15.0. The number of anilines is 1. The number of hydrogen-bond acceptors (Lipinski definition) is 7. The molecule has 46 heavy (non-hydrogen) atoms. The first-order valence-corrected chi connectivity index (χ1v) is 15.4. The van der Waals surface area contributed by atoms with E-state index in [0.29, 0.717) is 46.9 Å². The molecule has 4 heterocycles. The maximum atomic E-state index is 13.9. The summed E-state index contributed by atoms with van der Waals surface area (Å²) in [5, 5.41) is 15.7. The van der Waals surface area contributed by atoms with Crippen LogP contribution < -0.4 is 16.6 Å². The molecule has 6 rings (SSSR count). The van der Waals surface area contributed by atoms with Crippen molar-refractivity contribution in [1.29, 1.82) is 0 Å². The van der Waals surface area contributed by atoms with E-state index in [1.807, 2.05) is 29.8 Å². The molecule has 0 unspecified atom stereocenters. The molecule has 12 nitrogen and oxygen atoms in total. The van der Waals surface area contributed by atoms with E-state index < -0.39 is 5.91 Å². The molecule has 0 saturated carbocycles. The van der Waals surface area contributed by atoms with Gasteiger partial charge in [0.1, 0.15) is 23.5 Å². The van der Waals surface area contributed by atoms with Crippen LogP contribution in [-0.4, -0.2) is 69.7 Å². The van der Waals surface area contributed by atoms with Crippen LogP contribution >= 0.6 is 11.6 Å². The molecule has 2 bridgehead atoms. The minimum atomic E-state index is -0.710. The molecule has 0 saturated heterocycles. The van der Waals surface area contributed by atoms with E-state index >= 15 is 0 Å². The molecule has 0 radical (unpaired) electrons. The van der Waals surface area contributed by atoms with Crippen LogP contribution in [0.2, 0.25) is 5.02 Å². The number of hydrogen-bond donors (Lipinski definition) is 2. The Balaban J connectivity index is 1.45. The summed E-state index contributed by atoms with van der Waals surface area (Å²) in [6.07, 6.45) is 6.62. The first-order chi connectivity index (χ1) is 21.9. The highest BCUT2D eigenvalue weighted by molar-refractivity contribution is 6.56. The molecular formula is C30H31B3ClN9O3.